The highest BCUT2D eigenvalue weighted by atomic mass is 35.5. The molecule has 0 saturated carbocycles. The number of carbonyl (C=O) groups excluding carboxylic acids is 1. The molecule has 34 heavy (non-hydrogen) atoms. The van der Waals surface area contributed by atoms with Crippen molar-refractivity contribution < 1.29 is 30.8 Å². The fourth-order valence-corrected chi connectivity index (χ4v) is 5.01. The average Bonchev–Trinajstić information content (AvgIpc) is 3.28. The molecule has 1 amide bonds. The number of nitrogens with one attached hydrogen (secondary N) is 2. The standard InChI is InChI=1S/C21H19ClF4N4O3S/c22-13-2-4-14(5-3-13)34(32,33)20(29-18(19(27)31)7-9-21(24,25)26)15-6-1-12(11-16(15)23)17-8-10-28-30-17/h1-6,8,10-11,18,20,29H,7,9H2,(H2,27,31)(H,28,30)/t18-,20-/m1/s1. The van der Waals surface area contributed by atoms with Gasteiger partial charge in [0, 0.05) is 28.8 Å². The average molecular weight is 519 g/mol. The van der Waals surface area contributed by atoms with Crippen molar-refractivity contribution in [3.8, 4) is 11.3 Å². The summed E-state index contributed by atoms with van der Waals surface area (Å²) in [6.45, 7) is 0. The van der Waals surface area contributed by atoms with Crippen molar-refractivity contribution >= 4 is 27.3 Å². The topological polar surface area (TPSA) is 118 Å². The molecule has 0 fully saturated rings. The Bertz CT molecular complexity index is 1250. The zero-order valence-electron chi connectivity index (χ0n) is 17.3. The van der Waals surface area contributed by atoms with Crippen molar-refractivity contribution in [1.82, 2.24) is 15.5 Å². The molecule has 0 aliphatic heterocycles. The molecule has 0 unspecified atom stereocenters. The Kier molecular flexibility index (Phi) is 7.64. The molecule has 0 spiro atoms. The van der Waals surface area contributed by atoms with Gasteiger partial charge in [-0.25, -0.2) is 12.8 Å². The minimum absolute atomic E-state index is 0.235. The first-order valence-electron chi connectivity index (χ1n) is 9.79. The number of carbonyl (C=O) groups is 1. The van der Waals surface area contributed by atoms with Crippen LogP contribution in [-0.4, -0.2) is 36.7 Å². The lowest BCUT2D eigenvalue weighted by Crippen LogP contribution is -2.46. The van der Waals surface area contributed by atoms with Crippen LogP contribution in [0, 0.1) is 5.82 Å². The van der Waals surface area contributed by atoms with E-state index in [-0.39, 0.29) is 9.92 Å². The van der Waals surface area contributed by atoms with Crippen LogP contribution in [0.25, 0.3) is 11.3 Å². The Hall–Kier alpha value is -2.96. The van der Waals surface area contributed by atoms with Gasteiger partial charge < -0.3 is 5.73 Å². The second-order valence-corrected chi connectivity index (χ2v) is 9.83. The number of alkyl halides is 3. The molecule has 0 radical (unpaired) electrons. The quantitative estimate of drug-likeness (QED) is 0.368. The molecule has 2 aromatic carbocycles. The molecule has 3 rings (SSSR count). The maximum atomic E-state index is 15.2. The van der Waals surface area contributed by atoms with Crippen molar-refractivity contribution in [2.45, 2.75) is 35.3 Å². The third-order valence-electron chi connectivity index (χ3n) is 4.96. The Balaban J connectivity index is 2.06. The maximum Gasteiger partial charge on any atom is 0.389 e. The second-order valence-electron chi connectivity index (χ2n) is 7.36. The number of rotatable bonds is 9. The van der Waals surface area contributed by atoms with Crippen LogP contribution in [0.5, 0.6) is 0 Å². The predicted octanol–water partition coefficient (Wildman–Crippen LogP) is 4.13. The van der Waals surface area contributed by atoms with Gasteiger partial charge in [-0.15, -0.1) is 0 Å². The Morgan fingerprint density at radius 2 is 1.82 bits per heavy atom. The summed E-state index contributed by atoms with van der Waals surface area (Å²) in [5.41, 5.74) is 5.63. The SMILES string of the molecule is NC(=O)[C@@H](CCC(F)(F)F)N[C@@H](c1ccc(-c2ccn[nH]2)cc1F)S(=O)(=O)c1ccc(Cl)cc1. The zero-order chi connectivity index (χ0) is 25.1. The van der Waals surface area contributed by atoms with Gasteiger partial charge in [0.2, 0.25) is 5.91 Å². The van der Waals surface area contributed by atoms with Gasteiger partial charge in [-0.05, 0) is 42.8 Å². The van der Waals surface area contributed by atoms with Crippen LogP contribution in [0.4, 0.5) is 17.6 Å². The number of benzene rings is 2. The number of H-pyrrole nitrogens is 1. The first-order valence-corrected chi connectivity index (χ1v) is 11.7. The molecule has 2 atom stereocenters. The molecule has 0 bridgehead atoms. The van der Waals surface area contributed by atoms with Crippen molar-refractivity contribution in [3.63, 3.8) is 0 Å². The number of halogens is 5. The smallest absolute Gasteiger partial charge is 0.368 e. The van der Waals surface area contributed by atoms with Crippen LogP contribution in [0.3, 0.4) is 0 Å². The number of aromatic amines is 1. The Morgan fingerprint density at radius 1 is 1.15 bits per heavy atom. The van der Waals surface area contributed by atoms with Crippen LogP contribution in [0.2, 0.25) is 5.02 Å². The van der Waals surface area contributed by atoms with Gasteiger partial charge in [0.05, 0.1) is 16.6 Å². The summed E-state index contributed by atoms with van der Waals surface area (Å²) in [7, 11) is -4.46. The number of nitrogens with zero attached hydrogens (tertiary/aromatic N) is 1. The van der Waals surface area contributed by atoms with E-state index in [9.17, 15) is 26.4 Å². The molecular formula is C21H19ClF4N4O3S. The van der Waals surface area contributed by atoms with E-state index in [1.807, 2.05) is 0 Å². The van der Waals surface area contributed by atoms with Gasteiger partial charge in [0.1, 0.15) is 11.2 Å². The molecule has 0 aliphatic rings. The van der Waals surface area contributed by atoms with Crippen LogP contribution in [-0.2, 0) is 14.6 Å². The van der Waals surface area contributed by atoms with Crippen molar-refractivity contribution in [2.24, 2.45) is 5.73 Å². The zero-order valence-corrected chi connectivity index (χ0v) is 18.9. The van der Waals surface area contributed by atoms with E-state index < -0.39 is 57.6 Å². The molecule has 13 heteroatoms. The molecule has 182 valence electrons. The van der Waals surface area contributed by atoms with Gasteiger partial charge in [-0.1, -0.05) is 23.7 Å². The number of amides is 1. The number of hydrogen-bond donors (Lipinski definition) is 3. The summed E-state index contributed by atoms with van der Waals surface area (Å²) in [6, 6.07) is 8.39. The van der Waals surface area contributed by atoms with Gasteiger partial charge in [0.15, 0.2) is 9.84 Å². The van der Waals surface area contributed by atoms with Crippen molar-refractivity contribution in [2.75, 3.05) is 0 Å². The lowest BCUT2D eigenvalue weighted by molar-refractivity contribution is -0.138. The monoisotopic (exact) mass is 518 g/mol. The maximum absolute atomic E-state index is 15.2. The van der Waals surface area contributed by atoms with Gasteiger partial charge >= 0.3 is 6.18 Å². The number of aromatic nitrogens is 2. The van der Waals surface area contributed by atoms with Gasteiger partial charge in [-0.2, -0.15) is 18.3 Å². The summed E-state index contributed by atoms with van der Waals surface area (Å²) in [5, 5.41) is 7.05. The highest BCUT2D eigenvalue weighted by Gasteiger charge is 2.36. The van der Waals surface area contributed by atoms with Crippen LogP contribution >= 0.6 is 11.6 Å². The minimum Gasteiger partial charge on any atom is -0.368 e. The Labute approximate surface area is 197 Å². The summed E-state index contributed by atoms with van der Waals surface area (Å²) < 4.78 is 80.2. The summed E-state index contributed by atoms with van der Waals surface area (Å²) in [4.78, 5) is 11.6. The second kappa shape index (κ2) is 10.1. The summed E-state index contributed by atoms with van der Waals surface area (Å²) in [6.07, 6.45) is -5.41. The van der Waals surface area contributed by atoms with E-state index in [4.69, 9.17) is 17.3 Å². The van der Waals surface area contributed by atoms with Crippen molar-refractivity contribution in [3.05, 3.63) is 71.1 Å². The van der Waals surface area contributed by atoms with Gasteiger partial charge in [-0.3, -0.25) is 15.2 Å². The van der Waals surface area contributed by atoms with E-state index in [2.05, 4.69) is 15.5 Å². The third-order valence-corrected chi connectivity index (χ3v) is 7.15. The lowest BCUT2D eigenvalue weighted by Gasteiger charge is -2.25. The normalized spacial score (nSPS) is 14.0. The highest BCUT2D eigenvalue weighted by molar-refractivity contribution is 7.91. The Morgan fingerprint density at radius 3 is 2.35 bits per heavy atom. The van der Waals surface area contributed by atoms with E-state index in [1.54, 1.807) is 6.07 Å². The van der Waals surface area contributed by atoms with Crippen LogP contribution < -0.4 is 11.1 Å². The number of hydrogen-bond acceptors (Lipinski definition) is 5. The molecular weight excluding hydrogens is 500 g/mol. The molecule has 1 aromatic heterocycles. The number of primary amides is 1. The van der Waals surface area contributed by atoms with Crippen LogP contribution in [0.15, 0.2) is 59.6 Å². The highest BCUT2D eigenvalue weighted by Crippen LogP contribution is 2.32. The van der Waals surface area contributed by atoms with Crippen LogP contribution in [0.1, 0.15) is 23.8 Å². The third kappa shape index (κ3) is 6.13. The van der Waals surface area contributed by atoms with E-state index in [1.165, 1.54) is 30.5 Å². The number of nitrogens with two attached hydrogens (primary N) is 1. The molecule has 0 aliphatic carbocycles. The minimum atomic E-state index is -4.61. The first-order chi connectivity index (χ1) is 15.9. The largest absolute Gasteiger partial charge is 0.389 e. The lowest BCUT2D eigenvalue weighted by atomic mass is 10.1. The van der Waals surface area contributed by atoms with E-state index >= 15 is 4.39 Å². The molecule has 7 nitrogen and oxygen atoms in total. The first kappa shape index (κ1) is 25.7. The van der Waals surface area contributed by atoms with Crippen molar-refractivity contribution in [1.29, 1.82) is 0 Å². The molecule has 0 saturated heterocycles. The molecule has 4 N–H and O–H groups in total. The molecule has 1 heterocycles. The summed E-state index contributed by atoms with van der Waals surface area (Å²) >= 11 is 5.81. The summed E-state index contributed by atoms with van der Waals surface area (Å²) in [5.74, 6) is -2.18. The number of sulfone groups is 1. The fraction of sp³-hybridized carbons (Fsp3) is 0.238. The van der Waals surface area contributed by atoms with E-state index in [0.717, 1.165) is 18.2 Å². The predicted molar refractivity (Wildman–Crippen MR) is 117 cm³/mol. The van der Waals surface area contributed by atoms with Gasteiger partial charge in [0.25, 0.3) is 0 Å². The van der Waals surface area contributed by atoms with E-state index in [0.29, 0.717) is 11.3 Å². The molecule has 3 aromatic rings. The fourth-order valence-electron chi connectivity index (χ4n) is 3.23.